The monoisotopic (exact) mass is 308 g/mol. The Bertz CT molecular complexity index is 809. The van der Waals surface area contributed by atoms with Gasteiger partial charge < -0.3 is 9.47 Å². The predicted octanol–water partition coefficient (Wildman–Crippen LogP) is 2.09. The number of benzene rings is 2. The number of hydrogen-bond donors (Lipinski definition) is 0. The zero-order valence-electron chi connectivity index (χ0n) is 12.1. The Balaban J connectivity index is 1.60. The van der Waals surface area contributed by atoms with Gasteiger partial charge in [-0.15, -0.1) is 0 Å². The Morgan fingerprint density at radius 1 is 0.913 bits per heavy atom. The van der Waals surface area contributed by atoms with Crippen molar-refractivity contribution >= 4 is 18.0 Å². The second kappa shape index (κ2) is 5.24. The van der Waals surface area contributed by atoms with E-state index in [0.717, 1.165) is 5.01 Å². The molecule has 2 heterocycles. The van der Waals surface area contributed by atoms with Crippen LogP contribution in [-0.4, -0.2) is 36.3 Å². The van der Waals surface area contributed by atoms with Crippen LogP contribution in [0.5, 0.6) is 11.5 Å². The van der Waals surface area contributed by atoms with Crippen molar-refractivity contribution < 1.29 is 19.1 Å². The number of nitrogens with zero attached hydrogens (tertiary/aromatic N) is 2. The number of hydrogen-bond acceptors (Lipinski definition) is 5. The van der Waals surface area contributed by atoms with E-state index < -0.39 is 11.8 Å². The first-order valence-electron chi connectivity index (χ1n) is 7.15. The average Bonchev–Trinajstić information content (AvgIpc) is 2.84. The molecule has 0 saturated carbocycles. The molecule has 0 spiro atoms. The van der Waals surface area contributed by atoms with Crippen molar-refractivity contribution in [1.29, 1.82) is 0 Å². The molecule has 2 aromatic carbocycles. The molecule has 0 unspecified atom stereocenters. The van der Waals surface area contributed by atoms with Crippen LogP contribution in [0.25, 0.3) is 0 Å². The van der Waals surface area contributed by atoms with Gasteiger partial charge >= 0.3 is 0 Å². The summed E-state index contributed by atoms with van der Waals surface area (Å²) < 4.78 is 10.9. The number of imide groups is 1. The maximum atomic E-state index is 12.2. The van der Waals surface area contributed by atoms with Gasteiger partial charge in [-0.25, -0.2) is 0 Å². The van der Waals surface area contributed by atoms with Gasteiger partial charge in [0.2, 0.25) is 0 Å². The van der Waals surface area contributed by atoms with Crippen LogP contribution in [0.4, 0.5) is 0 Å². The van der Waals surface area contributed by atoms with Crippen LogP contribution in [0.2, 0.25) is 0 Å². The summed E-state index contributed by atoms with van der Waals surface area (Å²) in [6.07, 6.45) is 1.46. The van der Waals surface area contributed by atoms with E-state index in [1.54, 1.807) is 42.5 Å². The van der Waals surface area contributed by atoms with Crippen LogP contribution in [0.1, 0.15) is 26.3 Å². The summed E-state index contributed by atoms with van der Waals surface area (Å²) in [5, 5.41) is 4.91. The van der Waals surface area contributed by atoms with Crippen LogP contribution >= 0.6 is 0 Å². The van der Waals surface area contributed by atoms with E-state index >= 15 is 0 Å². The van der Waals surface area contributed by atoms with E-state index in [4.69, 9.17) is 9.47 Å². The molecule has 2 amide bonds. The Morgan fingerprint density at radius 2 is 1.57 bits per heavy atom. The van der Waals surface area contributed by atoms with Gasteiger partial charge in [-0.05, 0) is 35.9 Å². The van der Waals surface area contributed by atoms with Crippen molar-refractivity contribution in [3.8, 4) is 11.5 Å². The minimum Gasteiger partial charge on any atom is -0.486 e. The third-order valence-electron chi connectivity index (χ3n) is 3.66. The lowest BCUT2D eigenvalue weighted by Crippen LogP contribution is -2.24. The third-order valence-corrected chi connectivity index (χ3v) is 3.66. The van der Waals surface area contributed by atoms with Crippen molar-refractivity contribution in [1.82, 2.24) is 5.01 Å². The summed E-state index contributed by atoms with van der Waals surface area (Å²) >= 11 is 0. The van der Waals surface area contributed by atoms with E-state index in [2.05, 4.69) is 5.10 Å². The average molecular weight is 308 g/mol. The molecule has 0 N–H and O–H groups in total. The maximum Gasteiger partial charge on any atom is 0.282 e. The second-order valence-electron chi connectivity index (χ2n) is 5.12. The SMILES string of the molecule is O=C1c2ccccc2C(=O)N1/N=C/c1ccc2c(c1)OCCO2. The van der Waals surface area contributed by atoms with Crippen LogP contribution in [0, 0.1) is 0 Å². The maximum absolute atomic E-state index is 12.2. The Labute approximate surface area is 131 Å². The summed E-state index contributed by atoms with van der Waals surface area (Å²) in [6, 6.07) is 12.0. The fraction of sp³-hybridized carbons (Fsp3) is 0.118. The van der Waals surface area contributed by atoms with Gasteiger partial charge in [0.1, 0.15) is 13.2 Å². The molecule has 0 aliphatic carbocycles. The molecular weight excluding hydrogens is 296 g/mol. The largest absolute Gasteiger partial charge is 0.486 e. The number of carbonyl (C=O) groups is 2. The smallest absolute Gasteiger partial charge is 0.282 e. The summed E-state index contributed by atoms with van der Waals surface area (Å²) in [6.45, 7) is 1.02. The van der Waals surface area contributed by atoms with Gasteiger partial charge in [0, 0.05) is 0 Å². The molecule has 6 nitrogen and oxygen atoms in total. The lowest BCUT2D eigenvalue weighted by molar-refractivity contribution is 0.0660. The second-order valence-corrected chi connectivity index (χ2v) is 5.12. The molecule has 0 fully saturated rings. The summed E-state index contributed by atoms with van der Waals surface area (Å²) in [4.78, 5) is 24.4. The molecule has 2 aliphatic rings. The minimum absolute atomic E-state index is 0.372. The fourth-order valence-corrected chi connectivity index (χ4v) is 2.55. The van der Waals surface area contributed by atoms with Crippen LogP contribution in [0.15, 0.2) is 47.6 Å². The molecular formula is C17H12N2O4. The lowest BCUT2D eigenvalue weighted by Gasteiger charge is -2.18. The Hall–Kier alpha value is -3.15. The molecule has 0 aromatic heterocycles. The highest BCUT2D eigenvalue weighted by molar-refractivity contribution is 6.21. The number of rotatable bonds is 2. The summed E-state index contributed by atoms with van der Waals surface area (Å²) in [5.74, 6) is 0.468. The van der Waals surface area contributed by atoms with Gasteiger partial charge in [0.15, 0.2) is 11.5 Å². The molecule has 0 saturated heterocycles. The van der Waals surface area contributed by atoms with Gasteiger partial charge in [0.05, 0.1) is 17.3 Å². The topological polar surface area (TPSA) is 68.2 Å². The lowest BCUT2D eigenvalue weighted by atomic mass is 10.1. The fourth-order valence-electron chi connectivity index (χ4n) is 2.55. The van der Waals surface area contributed by atoms with E-state index in [0.29, 0.717) is 41.4 Å². The molecule has 0 radical (unpaired) electrons. The Kier molecular flexibility index (Phi) is 3.08. The van der Waals surface area contributed by atoms with Crippen molar-refractivity contribution in [2.75, 3.05) is 13.2 Å². The normalized spacial score (nSPS) is 16.1. The molecule has 23 heavy (non-hydrogen) atoms. The quantitative estimate of drug-likeness (QED) is 0.629. The van der Waals surface area contributed by atoms with E-state index in [9.17, 15) is 9.59 Å². The third kappa shape index (κ3) is 2.24. The molecule has 0 atom stereocenters. The first-order valence-corrected chi connectivity index (χ1v) is 7.15. The zero-order valence-corrected chi connectivity index (χ0v) is 12.1. The van der Waals surface area contributed by atoms with Crippen molar-refractivity contribution in [3.05, 3.63) is 59.2 Å². The highest BCUT2D eigenvalue weighted by Crippen LogP contribution is 2.30. The van der Waals surface area contributed by atoms with Crippen molar-refractivity contribution in [3.63, 3.8) is 0 Å². The van der Waals surface area contributed by atoms with Crippen LogP contribution in [-0.2, 0) is 0 Å². The minimum atomic E-state index is -0.417. The van der Waals surface area contributed by atoms with Gasteiger partial charge in [-0.3, -0.25) is 9.59 Å². The van der Waals surface area contributed by atoms with Gasteiger partial charge in [0.25, 0.3) is 11.8 Å². The van der Waals surface area contributed by atoms with Gasteiger partial charge in [-0.2, -0.15) is 10.1 Å². The molecule has 2 aliphatic heterocycles. The standard InChI is InChI=1S/C17H12N2O4/c20-16-12-3-1-2-4-13(12)17(21)19(16)18-10-11-5-6-14-15(9-11)23-8-7-22-14/h1-6,9-10H,7-8H2/b18-10+. The van der Waals surface area contributed by atoms with Gasteiger partial charge in [-0.1, -0.05) is 12.1 Å². The van der Waals surface area contributed by atoms with E-state index in [1.807, 2.05) is 0 Å². The molecule has 114 valence electrons. The van der Waals surface area contributed by atoms with Crippen molar-refractivity contribution in [2.45, 2.75) is 0 Å². The Morgan fingerprint density at radius 3 is 2.26 bits per heavy atom. The first-order chi connectivity index (χ1) is 11.2. The summed E-state index contributed by atoms with van der Waals surface area (Å²) in [7, 11) is 0. The molecule has 2 aromatic rings. The molecule has 4 rings (SSSR count). The first kappa shape index (κ1) is 13.5. The number of hydrazone groups is 1. The van der Waals surface area contributed by atoms with Crippen LogP contribution < -0.4 is 9.47 Å². The number of ether oxygens (including phenoxy) is 2. The predicted molar refractivity (Wildman–Crippen MR) is 82.0 cm³/mol. The van der Waals surface area contributed by atoms with Crippen molar-refractivity contribution in [2.24, 2.45) is 5.10 Å². The van der Waals surface area contributed by atoms with E-state index in [-0.39, 0.29) is 0 Å². The highest BCUT2D eigenvalue weighted by atomic mass is 16.6. The van der Waals surface area contributed by atoms with Crippen LogP contribution in [0.3, 0.4) is 0 Å². The highest BCUT2D eigenvalue weighted by Gasteiger charge is 2.35. The number of fused-ring (bicyclic) bond motifs is 2. The number of carbonyl (C=O) groups excluding carboxylic acids is 2. The molecule has 6 heteroatoms. The molecule has 0 bridgehead atoms. The zero-order chi connectivity index (χ0) is 15.8. The summed E-state index contributed by atoms with van der Waals surface area (Å²) in [5.41, 5.74) is 1.46. The number of amides is 2. The van der Waals surface area contributed by atoms with E-state index in [1.165, 1.54) is 6.21 Å².